The molecule has 1 N–H and O–H groups in total. The number of hydrogen-bond acceptors (Lipinski definition) is 7. The van der Waals surface area contributed by atoms with Crippen LogP contribution in [0, 0.1) is 0 Å². The Labute approximate surface area is 205 Å². The van der Waals surface area contributed by atoms with Crippen LogP contribution in [0.15, 0.2) is 107 Å². The Morgan fingerprint density at radius 3 is 2.29 bits per heavy atom. The molecule has 2 aromatic heterocycles. The topological polar surface area (TPSA) is 103 Å². The van der Waals surface area contributed by atoms with Crippen molar-refractivity contribution < 1.29 is 4.79 Å². The molecule has 172 valence electrons. The summed E-state index contributed by atoms with van der Waals surface area (Å²) in [7, 11) is 0. The lowest BCUT2D eigenvalue weighted by Crippen LogP contribution is -2.20. The van der Waals surface area contributed by atoms with Crippen LogP contribution >= 0.6 is 11.8 Å². The lowest BCUT2D eigenvalue weighted by molar-refractivity contribution is -0.118. The van der Waals surface area contributed by atoms with E-state index in [9.17, 15) is 4.79 Å². The minimum absolute atomic E-state index is 0.110. The smallest absolute Gasteiger partial charge is 0.250 e. The Hall–Kier alpha value is -4.57. The van der Waals surface area contributed by atoms with Crippen LogP contribution in [0.25, 0.3) is 22.6 Å². The second-order valence-electron chi connectivity index (χ2n) is 7.37. The van der Waals surface area contributed by atoms with Crippen molar-refractivity contribution in [3.63, 3.8) is 0 Å². The molecule has 0 aliphatic heterocycles. The van der Waals surface area contributed by atoms with E-state index in [-0.39, 0.29) is 11.7 Å². The highest BCUT2D eigenvalue weighted by atomic mass is 32.2. The molecular formula is C25H20N8OS. The van der Waals surface area contributed by atoms with Gasteiger partial charge in [0.05, 0.1) is 23.3 Å². The van der Waals surface area contributed by atoms with Crippen molar-refractivity contribution in [2.75, 3.05) is 5.75 Å². The first-order valence-electron chi connectivity index (χ1n) is 10.8. The van der Waals surface area contributed by atoms with E-state index in [0.717, 1.165) is 28.2 Å². The summed E-state index contributed by atoms with van der Waals surface area (Å²) in [5.74, 6) is -0.162. The van der Waals surface area contributed by atoms with E-state index in [0.29, 0.717) is 5.16 Å². The number of nitrogens with zero attached hydrogens (tertiary/aromatic N) is 7. The van der Waals surface area contributed by atoms with Gasteiger partial charge in [0, 0.05) is 17.3 Å². The van der Waals surface area contributed by atoms with Crippen LogP contribution in [-0.4, -0.2) is 47.9 Å². The first-order valence-corrected chi connectivity index (χ1v) is 11.8. The number of thioether (sulfide) groups is 1. The number of aromatic nitrogens is 6. The van der Waals surface area contributed by atoms with Crippen molar-refractivity contribution in [1.82, 2.24) is 35.4 Å². The third-order valence-corrected chi connectivity index (χ3v) is 5.90. The molecule has 0 fully saturated rings. The van der Waals surface area contributed by atoms with Crippen LogP contribution in [-0.2, 0) is 4.79 Å². The van der Waals surface area contributed by atoms with Crippen molar-refractivity contribution in [2.45, 2.75) is 5.16 Å². The molecule has 3 aromatic carbocycles. The van der Waals surface area contributed by atoms with Gasteiger partial charge in [-0.15, -0.1) is 5.10 Å². The van der Waals surface area contributed by atoms with Crippen LogP contribution in [0.5, 0.6) is 0 Å². The van der Waals surface area contributed by atoms with Gasteiger partial charge < -0.3 is 0 Å². The zero-order valence-corrected chi connectivity index (χ0v) is 19.3. The number of tetrazole rings is 1. The van der Waals surface area contributed by atoms with Crippen molar-refractivity contribution in [3.8, 4) is 22.6 Å². The zero-order valence-electron chi connectivity index (χ0n) is 18.5. The average Bonchev–Trinajstić information content (AvgIpc) is 3.57. The second kappa shape index (κ2) is 10.6. The van der Waals surface area contributed by atoms with Gasteiger partial charge in [-0.3, -0.25) is 4.79 Å². The van der Waals surface area contributed by atoms with Gasteiger partial charge in [-0.2, -0.15) is 14.9 Å². The molecule has 0 bridgehead atoms. The van der Waals surface area contributed by atoms with Gasteiger partial charge >= 0.3 is 0 Å². The number of benzene rings is 3. The van der Waals surface area contributed by atoms with E-state index < -0.39 is 0 Å². The van der Waals surface area contributed by atoms with Crippen molar-refractivity contribution in [3.05, 3.63) is 103 Å². The summed E-state index contributed by atoms with van der Waals surface area (Å²) >= 11 is 1.23. The average molecular weight is 481 g/mol. The first kappa shape index (κ1) is 22.2. The standard InChI is InChI=1S/C25H20N8OS/c34-23(18-35-25-28-30-31-33(25)22-14-8-3-9-15-22)27-26-16-20-17-32(21-12-6-2-7-13-21)29-24(20)19-10-4-1-5-11-19/h1-17H,18H2,(H,27,34). The molecule has 5 aromatic rings. The summed E-state index contributed by atoms with van der Waals surface area (Å²) in [6, 6.07) is 29.2. The minimum atomic E-state index is -0.273. The lowest BCUT2D eigenvalue weighted by Gasteiger charge is -2.03. The predicted molar refractivity (Wildman–Crippen MR) is 135 cm³/mol. The molecule has 2 heterocycles. The lowest BCUT2D eigenvalue weighted by atomic mass is 10.1. The fraction of sp³-hybridized carbons (Fsp3) is 0.0400. The molecule has 35 heavy (non-hydrogen) atoms. The highest BCUT2D eigenvalue weighted by molar-refractivity contribution is 7.99. The highest BCUT2D eigenvalue weighted by Crippen LogP contribution is 2.22. The molecule has 0 aliphatic carbocycles. The van der Waals surface area contributed by atoms with Crippen molar-refractivity contribution in [2.24, 2.45) is 5.10 Å². The summed E-state index contributed by atoms with van der Waals surface area (Å²) in [6.45, 7) is 0. The molecule has 10 heteroatoms. The minimum Gasteiger partial charge on any atom is -0.272 e. The Bertz CT molecular complexity index is 1430. The monoisotopic (exact) mass is 480 g/mol. The largest absolute Gasteiger partial charge is 0.272 e. The molecule has 0 aliphatic rings. The number of hydrazone groups is 1. The van der Waals surface area contributed by atoms with E-state index in [2.05, 4.69) is 26.1 Å². The van der Waals surface area contributed by atoms with Crippen LogP contribution in [0.3, 0.4) is 0 Å². The SMILES string of the molecule is O=C(CSc1nnnn1-c1ccccc1)NN=Cc1cn(-c2ccccc2)nc1-c1ccccc1. The summed E-state index contributed by atoms with van der Waals surface area (Å²) in [4.78, 5) is 12.4. The fourth-order valence-electron chi connectivity index (χ4n) is 3.35. The summed E-state index contributed by atoms with van der Waals surface area (Å²) in [6.07, 6.45) is 3.49. The maximum absolute atomic E-state index is 12.4. The Morgan fingerprint density at radius 1 is 0.914 bits per heavy atom. The maximum atomic E-state index is 12.4. The van der Waals surface area contributed by atoms with E-state index in [1.807, 2.05) is 97.2 Å². The van der Waals surface area contributed by atoms with Gasteiger partial charge in [-0.25, -0.2) is 10.1 Å². The molecule has 0 unspecified atom stereocenters. The number of hydrogen-bond donors (Lipinski definition) is 1. The van der Waals surface area contributed by atoms with E-state index in [1.54, 1.807) is 15.6 Å². The summed E-state index contributed by atoms with van der Waals surface area (Å²) < 4.78 is 3.39. The molecule has 9 nitrogen and oxygen atoms in total. The third kappa shape index (κ3) is 5.33. The van der Waals surface area contributed by atoms with Gasteiger partial charge in [-0.05, 0) is 34.7 Å². The van der Waals surface area contributed by atoms with E-state index in [4.69, 9.17) is 5.10 Å². The second-order valence-corrected chi connectivity index (χ2v) is 8.31. The number of nitrogens with one attached hydrogen (secondary N) is 1. The fourth-order valence-corrected chi connectivity index (χ4v) is 4.03. The predicted octanol–water partition coefficient (Wildman–Crippen LogP) is 3.76. The third-order valence-electron chi connectivity index (χ3n) is 4.98. The van der Waals surface area contributed by atoms with E-state index in [1.165, 1.54) is 11.8 Å². The highest BCUT2D eigenvalue weighted by Gasteiger charge is 2.13. The molecule has 1 amide bonds. The molecule has 0 atom stereocenters. The molecule has 0 saturated carbocycles. The van der Waals surface area contributed by atoms with Crippen molar-refractivity contribution >= 4 is 23.9 Å². The van der Waals surface area contributed by atoms with E-state index >= 15 is 0 Å². The summed E-state index contributed by atoms with van der Waals surface area (Å²) in [5.41, 5.74) is 6.83. The number of rotatable bonds is 8. The van der Waals surface area contributed by atoms with Gasteiger partial charge in [0.1, 0.15) is 5.69 Å². The quantitative estimate of drug-likeness (QED) is 0.206. The zero-order chi connectivity index (χ0) is 23.9. The van der Waals surface area contributed by atoms with Crippen molar-refractivity contribution in [1.29, 1.82) is 0 Å². The molecule has 0 radical (unpaired) electrons. The molecule has 5 rings (SSSR count). The van der Waals surface area contributed by atoms with Crippen LogP contribution in [0.2, 0.25) is 0 Å². The molecular weight excluding hydrogens is 460 g/mol. The number of para-hydroxylation sites is 2. The normalized spacial score (nSPS) is 11.1. The van der Waals surface area contributed by atoms with Gasteiger partial charge in [0.15, 0.2) is 0 Å². The summed E-state index contributed by atoms with van der Waals surface area (Å²) in [5, 5.41) is 21.1. The molecule has 0 spiro atoms. The van der Waals surface area contributed by atoms with Gasteiger partial charge in [-0.1, -0.05) is 78.5 Å². The van der Waals surface area contributed by atoms with Gasteiger partial charge in [0.25, 0.3) is 5.91 Å². The van der Waals surface area contributed by atoms with Crippen LogP contribution in [0.4, 0.5) is 0 Å². The van der Waals surface area contributed by atoms with Crippen LogP contribution < -0.4 is 5.43 Å². The Kier molecular flexibility index (Phi) is 6.72. The number of carbonyl (C=O) groups excluding carboxylic acids is 1. The molecule has 0 saturated heterocycles. The maximum Gasteiger partial charge on any atom is 0.250 e. The Morgan fingerprint density at radius 2 is 1.57 bits per heavy atom. The number of amides is 1. The Balaban J connectivity index is 1.28. The number of carbonyl (C=O) groups is 1. The first-order chi connectivity index (χ1) is 17.3. The van der Waals surface area contributed by atoms with Crippen LogP contribution in [0.1, 0.15) is 5.56 Å². The van der Waals surface area contributed by atoms with Gasteiger partial charge in [0.2, 0.25) is 5.16 Å².